The van der Waals surface area contributed by atoms with Gasteiger partial charge in [-0.25, -0.2) is 13.6 Å². The third-order valence-corrected chi connectivity index (χ3v) is 4.63. The van der Waals surface area contributed by atoms with Crippen LogP contribution in [-0.2, 0) is 13.0 Å². The van der Waals surface area contributed by atoms with Gasteiger partial charge in [-0.1, -0.05) is 18.2 Å². The number of hydrogen-bond acceptors (Lipinski definition) is 2. The molecule has 0 saturated heterocycles. The van der Waals surface area contributed by atoms with Crippen LogP contribution >= 0.6 is 11.3 Å². The summed E-state index contributed by atoms with van der Waals surface area (Å²) in [4.78, 5) is 11.8. The first-order valence-corrected chi connectivity index (χ1v) is 8.41. The number of rotatable bonds is 5. The highest BCUT2D eigenvalue weighted by Crippen LogP contribution is 2.25. The molecule has 6 heteroatoms. The van der Waals surface area contributed by atoms with Gasteiger partial charge < -0.3 is 10.6 Å². The van der Waals surface area contributed by atoms with Crippen LogP contribution < -0.4 is 10.6 Å². The molecule has 0 fully saturated rings. The van der Waals surface area contributed by atoms with Crippen LogP contribution in [0.1, 0.15) is 11.1 Å². The Morgan fingerprint density at radius 3 is 2.58 bits per heavy atom. The van der Waals surface area contributed by atoms with E-state index in [1.54, 1.807) is 11.3 Å². The van der Waals surface area contributed by atoms with Crippen LogP contribution in [0.25, 0.3) is 10.1 Å². The number of fused-ring (bicyclic) bond motifs is 1. The summed E-state index contributed by atoms with van der Waals surface area (Å²) in [5.74, 6) is -1.31. The summed E-state index contributed by atoms with van der Waals surface area (Å²) in [7, 11) is 0. The Balaban J connectivity index is 1.47. The van der Waals surface area contributed by atoms with Crippen molar-refractivity contribution in [2.45, 2.75) is 13.0 Å². The van der Waals surface area contributed by atoms with Crippen LogP contribution in [-0.4, -0.2) is 12.6 Å². The summed E-state index contributed by atoms with van der Waals surface area (Å²) >= 11 is 1.68. The summed E-state index contributed by atoms with van der Waals surface area (Å²) < 4.78 is 27.4. The Hall–Kier alpha value is -2.47. The number of hydrogen-bond donors (Lipinski definition) is 2. The normalized spacial score (nSPS) is 10.8. The van der Waals surface area contributed by atoms with Gasteiger partial charge in [-0.05, 0) is 46.5 Å². The maximum atomic E-state index is 13.1. The molecule has 2 aromatic carbocycles. The molecule has 1 heterocycles. The molecule has 24 heavy (non-hydrogen) atoms. The summed E-state index contributed by atoms with van der Waals surface area (Å²) in [6.07, 6.45) is 0.728. The lowest BCUT2D eigenvalue weighted by molar-refractivity contribution is 0.240. The van der Waals surface area contributed by atoms with Crippen molar-refractivity contribution in [3.63, 3.8) is 0 Å². The molecule has 0 aliphatic carbocycles. The molecule has 3 aromatic rings. The maximum Gasteiger partial charge on any atom is 0.315 e. The molecule has 0 radical (unpaired) electrons. The van der Waals surface area contributed by atoms with Gasteiger partial charge in [-0.3, -0.25) is 0 Å². The smallest absolute Gasteiger partial charge is 0.315 e. The van der Waals surface area contributed by atoms with Crippen molar-refractivity contribution in [1.82, 2.24) is 10.6 Å². The molecule has 0 aliphatic rings. The Morgan fingerprint density at radius 2 is 1.79 bits per heavy atom. The molecule has 0 aliphatic heterocycles. The number of amides is 2. The van der Waals surface area contributed by atoms with Crippen LogP contribution in [0.3, 0.4) is 0 Å². The topological polar surface area (TPSA) is 41.1 Å². The molecule has 1 aromatic heterocycles. The van der Waals surface area contributed by atoms with Crippen LogP contribution in [0.5, 0.6) is 0 Å². The van der Waals surface area contributed by atoms with Crippen molar-refractivity contribution in [2.24, 2.45) is 0 Å². The summed E-state index contributed by atoms with van der Waals surface area (Å²) in [5, 5.41) is 8.65. The van der Waals surface area contributed by atoms with Crippen molar-refractivity contribution in [3.8, 4) is 0 Å². The van der Waals surface area contributed by atoms with E-state index < -0.39 is 11.6 Å². The van der Waals surface area contributed by atoms with Gasteiger partial charge in [0.1, 0.15) is 11.6 Å². The minimum atomic E-state index is -0.656. The maximum absolute atomic E-state index is 13.1. The molecule has 2 amide bonds. The summed E-state index contributed by atoms with van der Waals surface area (Å²) in [6, 6.07) is 11.0. The Bertz CT molecular complexity index is 843. The van der Waals surface area contributed by atoms with Crippen molar-refractivity contribution in [1.29, 1.82) is 0 Å². The number of nitrogens with one attached hydrogen (secondary N) is 2. The van der Waals surface area contributed by atoms with Gasteiger partial charge >= 0.3 is 6.03 Å². The highest BCUT2D eigenvalue weighted by atomic mass is 32.1. The first kappa shape index (κ1) is 16.4. The molecule has 0 atom stereocenters. The summed E-state index contributed by atoms with van der Waals surface area (Å²) in [6.45, 7) is 0.561. The predicted molar refractivity (Wildman–Crippen MR) is 92.1 cm³/mol. The van der Waals surface area contributed by atoms with Crippen molar-refractivity contribution < 1.29 is 13.6 Å². The van der Waals surface area contributed by atoms with E-state index in [2.05, 4.69) is 28.1 Å². The minimum Gasteiger partial charge on any atom is -0.338 e. The van der Waals surface area contributed by atoms with Crippen LogP contribution in [0, 0.1) is 11.6 Å². The van der Waals surface area contributed by atoms with E-state index in [4.69, 9.17) is 0 Å². The first-order chi connectivity index (χ1) is 11.6. The van der Waals surface area contributed by atoms with Gasteiger partial charge in [-0.2, -0.15) is 0 Å². The van der Waals surface area contributed by atoms with E-state index in [0.29, 0.717) is 12.1 Å². The van der Waals surface area contributed by atoms with Crippen LogP contribution in [0.15, 0.2) is 47.8 Å². The standard InChI is InChI=1S/C18H16F2N2OS/c19-14-7-12(8-15(20)9-14)10-22-18(23)21-6-5-13-11-24-17-4-2-1-3-16(13)17/h1-4,7-9,11H,5-6,10H2,(H2,21,22,23). The van der Waals surface area contributed by atoms with Gasteiger partial charge in [0.2, 0.25) is 0 Å². The van der Waals surface area contributed by atoms with Crippen molar-refractivity contribution >= 4 is 27.5 Å². The SMILES string of the molecule is O=C(NCCc1csc2ccccc12)NCc1cc(F)cc(F)c1. The summed E-state index contributed by atoms with van der Waals surface area (Å²) in [5.41, 5.74) is 1.58. The lowest BCUT2D eigenvalue weighted by Crippen LogP contribution is -2.36. The van der Waals surface area contributed by atoms with E-state index >= 15 is 0 Å². The number of carbonyl (C=O) groups is 1. The molecular formula is C18H16F2N2OS. The van der Waals surface area contributed by atoms with E-state index in [9.17, 15) is 13.6 Å². The fourth-order valence-electron chi connectivity index (χ4n) is 2.49. The minimum absolute atomic E-state index is 0.0713. The lowest BCUT2D eigenvalue weighted by atomic mass is 10.1. The van der Waals surface area contributed by atoms with Crippen LogP contribution in [0.2, 0.25) is 0 Å². The second kappa shape index (κ2) is 7.40. The molecule has 0 saturated carbocycles. The molecule has 2 N–H and O–H groups in total. The van der Waals surface area contributed by atoms with E-state index in [-0.39, 0.29) is 12.6 Å². The average molecular weight is 346 g/mol. The Morgan fingerprint density at radius 1 is 1.04 bits per heavy atom. The fraction of sp³-hybridized carbons (Fsp3) is 0.167. The number of halogens is 2. The number of carbonyl (C=O) groups excluding carboxylic acids is 1. The molecule has 124 valence electrons. The van der Waals surface area contributed by atoms with Gasteiger partial charge in [-0.15, -0.1) is 11.3 Å². The van der Waals surface area contributed by atoms with E-state index in [0.717, 1.165) is 12.5 Å². The zero-order valence-corrected chi connectivity index (χ0v) is 13.6. The molecular weight excluding hydrogens is 330 g/mol. The van der Waals surface area contributed by atoms with Crippen LogP contribution in [0.4, 0.5) is 13.6 Å². The Kier molecular flexibility index (Phi) is 5.05. The largest absolute Gasteiger partial charge is 0.338 e. The van der Waals surface area contributed by atoms with Crippen molar-refractivity contribution in [2.75, 3.05) is 6.54 Å². The molecule has 0 bridgehead atoms. The molecule has 0 unspecified atom stereocenters. The van der Waals surface area contributed by atoms with Gasteiger partial charge in [0.25, 0.3) is 0 Å². The lowest BCUT2D eigenvalue weighted by Gasteiger charge is -2.08. The zero-order valence-electron chi connectivity index (χ0n) is 12.8. The van der Waals surface area contributed by atoms with Gasteiger partial charge in [0, 0.05) is 23.9 Å². The monoisotopic (exact) mass is 346 g/mol. The number of thiophene rings is 1. The fourth-order valence-corrected chi connectivity index (χ4v) is 3.49. The van der Waals surface area contributed by atoms with Gasteiger partial charge in [0.15, 0.2) is 0 Å². The Labute approximate surface area is 142 Å². The quantitative estimate of drug-likeness (QED) is 0.713. The van der Waals surface area contributed by atoms with Crippen molar-refractivity contribution in [3.05, 3.63) is 70.6 Å². The first-order valence-electron chi connectivity index (χ1n) is 7.53. The predicted octanol–water partition coefficient (Wildman–Crippen LogP) is 4.22. The number of benzene rings is 2. The van der Waals surface area contributed by atoms with E-state index in [1.807, 2.05) is 12.1 Å². The second-order valence-electron chi connectivity index (χ2n) is 5.39. The third-order valence-electron chi connectivity index (χ3n) is 3.62. The van der Waals surface area contributed by atoms with E-state index in [1.165, 1.54) is 27.8 Å². The molecule has 3 rings (SSSR count). The zero-order chi connectivity index (χ0) is 16.9. The number of urea groups is 1. The second-order valence-corrected chi connectivity index (χ2v) is 6.31. The van der Waals surface area contributed by atoms with Gasteiger partial charge in [0.05, 0.1) is 0 Å². The highest BCUT2D eigenvalue weighted by Gasteiger charge is 2.06. The highest BCUT2D eigenvalue weighted by molar-refractivity contribution is 7.17. The molecule has 0 spiro atoms. The average Bonchev–Trinajstić information content (AvgIpc) is 2.96. The third kappa shape index (κ3) is 4.08. The molecule has 3 nitrogen and oxygen atoms in total.